The first-order valence-corrected chi connectivity index (χ1v) is 11.3. The summed E-state index contributed by atoms with van der Waals surface area (Å²) in [5.74, 6) is -0.340. The predicted octanol–water partition coefficient (Wildman–Crippen LogP) is 4.09. The SMILES string of the molecule is O=C(NCC(CN1Cc2ccccc2C1=O)c1ccccc1)c1cc(-n2cnnc2)ccc1Cl. The second-order valence-corrected chi connectivity index (χ2v) is 8.60. The van der Waals surface area contributed by atoms with Crippen LogP contribution in [0, 0.1) is 0 Å². The average Bonchev–Trinajstić information content (AvgIpc) is 3.51. The van der Waals surface area contributed by atoms with Crippen LogP contribution >= 0.6 is 11.6 Å². The number of amides is 2. The Morgan fingerprint density at radius 1 is 1.00 bits per heavy atom. The zero-order valence-corrected chi connectivity index (χ0v) is 19.0. The third kappa shape index (κ3) is 4.43. The van der Waals surface area contributed by atoms with Crippen molar-refractivity contribution in [1.82, 2.24) is 25.0 Å². The second-order valence-electron chi connectivity index (χ2n) is 8.19. The lowest BCUT2D eigenvalue weighted by molar-refractivity contribution is 0.0767. The molecule has 5 rings (SSSR count). The zero-order chi connectivity index (χ0) is 23.5. The van der Waals surface area contributed by atoms with Gasteiger partial charge >= 0.3 is 0 Å². The third-order valence-corrected chi connectivity index (χ3v) is 6.36. The van der Waals surface area contributed by atoms with Crippen LogP contribution in [0.5, 0.6) is 0 Å². The van der Waals surface area contributed by atoms with E-state index in [4.69, 9.17) is 11.6 Å². The van der Waals surface area contributed by atoms with Gasteiger partial charge in [0.15, 0.2) is 0 Å². The monoisotopic (exact) mass is 471 g/mol. The van der Waals surface area contributed by atoms with Gasteiger partial charge in [-0.1, -0.05) is 60.1 Å². The van der Waals surface area contributed by atoms with E-state index in [2.05, 4.69) is 15.5 Å². The van der Waals surface area contributed by atoms with Crippen LogP contribution in [0.3, 0.4) is 0 Å². The lowest BCUT2D eigenvalue weighted by Gasteiger charge is -2.25. The first kappa shape index (κ1) is 21.9. The lowest BCUT2D eigenvalue weighted by atomic mass is 9.98. The largest absolute Gasteiger partial charge is 0.351 e. The third-order valence-electron chi connectivity index (χ3n) is 6.03. The molecule has 1 atom stereocenters. The number of carbonyl (C=O) groups is 2. The van der Waals surface area contributed by atoms with Gasteiger partial charge in [-0.25, -0.2) is 0 Å². The first-order chi connectivity index (χ1) is 16.6. The Morgan fingerprint density at radius 3 is 2.50 bits per heavy atom. The van der Waals surface area contributed by atoms with Gasteiger partial charge in [0.1, 0.15) is 12.7 Å². The standard InChI is InChI=1S/C26H22ClN5O2/c27-24-11-10-21(32-16-29-30-17-32)12-23(24)25(33)28-13-20(18-6-2-1-3-7-18)15-31-14-19-8-4-5-9-22(19)26(31)34/h1-12,16-17,20H,13-15H2,(H,28,33). The molecule has 1 unspecified atom stereocenters. The highest BCUT2D eigenvalue weighted by Gasteiger charge is 2.29. The Bertz CT molecular complexity index is 1320. The van der Waals surface area contributed by atoms with E-state index in [1.165, 1.54) is 0 Å². The fraction of sp³-hybridized carbons (Fsp3) is 0.154. The van der Waals surface area contributed by atoms with Gasteiger partial charge in [-0.15, -0.1) is 10.2 Å². The van der Waals surface area contributed by atoms with Crippen molar-refractivity contribution in [3.63, 3.8) is 0 Å². The maximum absolute atomic E-state index is 13.1. The molecule has 0 radical (unpaired) electrons. The van der Waals surface area contributed by atoms with Crippen molar-refractivity contribution in [2.75, 3.05) is 13.1 Å². The molecule has 0 saturated carbocycles. The predicted molar refractivity (Wildman–Crippen MR) is 129 cm³/mol. The smallest absolute Gasteiger partial charge is 0.254 e. The molecule has 34 heavy (non-hydrogen) atoms. The van der Waals surface area contributed by atoms with Crippen molar-refractivity contribution >= 4 is 23.4 Å². The Morgan fingerprint density at radius 2 is 1.74 bits per heavy atom. The van der Waals surface area contributed by atoms with Gasteiger partial charge in [0.25, 0.3) is 11.8 Å². The van der Waals surface area contributed by atoms with Crippen molar-refractivity contribution in [3.8, 4) is 5.69 Å². The molecule has 7 nitrogen and oxygen atoms in total. The molecule has 0 aliphatic carbocycles. The quantitative estimate of drug-likeness (QED) is 0.440. The minimum atomic E-state index is -0.281. The average molecular weight is 472 g/mol. The van der Waals surface area contributed by atoms with E-state index in [0.29, 0.717) is 30.2 Å². The summed E-state index contributed by atoms with van der Waals surface area (Å²) in [6.07, 6.45) is 3.11. The molecule has 0 bridgehead atoms. The molecule has 8 heteroatoms. The highest BCUT2D eigenvalue weighted by Crippen LogP contribution is 2.26. The van der Waals surface area contributed by atoms with E-state index in [1.807, 2.05) is 59.5 Å². The molecule has 0 fully saturated rings. The number of carbonyl (C=O) groups excluding carboxylic acids is 2. The fourth-order valence-corrected chi connectivity index (χ4v) is 4.44. The number of aromatic nitrogens is 3. The number of hydrogen-bond donors (Lipinski definition) is 1. The highest BCUT2D eigenvalue weighted by molar-refractivity contribution is 6.33. The summed E-state index contributed by atoms with van der Waals surface area (Å²) < 4.78 is 1.70. The van der Waals surface area contributed by atoms with Gasteiger partial charge in [-0.05, 0) is 35.4 Å². The number of hydrogen-bond acceptors (Lipinski definition) is 4. The summed E-state index contributed by atoms with van der Waals surface area (Å²) in [5, 5.41) is 11.0. The number of nitrogens with zero attached hydrogens (tertiary/aromatic N) is 4. The molecular formula is C26H22ClN5O2. The number of benzene rings is 3. The van der Waals surface area contributed by atoms with Crippen molar-refractivity contribution in [2.45, 2.75) is 12.5 Å². The van der Waals surface area contributed by atoms with Crippen LogP contribution in [0.25, 0.3) is 5.69 Å². The summed E-state index contributed by atoms with van der Waals surface area (Å²) in [7, 11) is 0. The van der Waals surface area contributed by atoms with Crippen LogP contribution in [0.4, 0.5) is 0 Å². The van der Waals surface area contributed by atoms with Crippen molar-refractivity contribution < 1.29 is 9.59 Å². The number of halogens is 1. The van der Waals surface area contributed by atoms with Crippen LogP contribution in [0.2, 0.25) is 5.02 Å². The van der Waals surface area contributed by atoms with Crippen molar-refractivity contribution in [1.29, 1.82) is 0 Å². The molecule has 1 N–H and O–H groups in total. The number of fused-ring (bicyclic) bond motifs is 1. The minimum absolute atomic E-state index is 0.0209. The van der Waals surface area contributed by atoms with Gasteiger partial charge in [0.05, 0.1) is 10.6 Å². The van der Waals surface area contributed by atoms with Gasteiger partial charge in [-0.3, -0.25) is 14.2 Å². The molecular weight excluding hydrogens is 450 g/mol. The van der Waals surface area contributed by atoms with Gasteiger partial charge in [0.2, 0.25) is 0 Å². The van der Waals surface area contributed by atoms with Crippen molar-refractivity contribution in [3.05, 3.63) is 113 Å². The van der Waals surface area contributed by atoms with E-state index in [9.17, 15) is 9.59 Å². The topological polar surface area (TPSA) is 80.1 Å². The maximum Gasteiger partial charge on any atom is 0.254 e. The molecule has 1 aliphatic rings. The summed E-state index contributed by atoms with van der Waals surface area (Å²) in [5.41, 5.74) is 3.93. The van der Waals surface area contributed by atoms with E-state index < -0.39 is 0 Å². The fourth-order valence-electron chi connectivity index (χ4n) is 4.23. The normalized spacial score (nSPS) is 13.6. The maximum atomic E-state index is 13.1. The van der Waals surface area contributed by atoms with Crippen LogP contribution in [-0.4, -0.2) is 44.6 Å². The van der Waals surface area contributed by atoms with Crippen LogP contribution in [-0.2, 0) is 6.54 Å². The van der Waals surface area contributed by atoms with E-state index in [0.717, 1.165) is 22.4 Å². The van der Waals surface area contributed by atoms with Crippen LogP contribution < -0.4 is 5.32 Å². The molecule has 1 aliphatic heterocycles. The Labute approximate surface area is 202 Å². The second kappa shape index (κ2) is 9.49. The summed E-state index contributed by atoms with van der Waals surface area (Å²) in [4.78, 5) is 27.9. The molecule has 2 amide bonds. The molecule has 170 valence electrons. The van der Waals surface area contributed by atoms with E-state index >= 15 is 0 Å². The Balaban J connectivity index is 1.33. The zero-order valence-electron chi connectivity index (χ0n) is 18.3. The van der Waals surface area contributed by atoms with E-state index in [1.54, 1.807) is 35.4 Å². The molecule has 1 aromatic heterocycles. The molecule has 0 saturated heterocycles. The van der Waals surface area contributed by atoms with Gasteiger partial charge < -0.3 is 10.2 Å². The first-order valence-electron chi connectivity index (χ1n) is 10.9. The lowest BCUT2D eigenvalue weighted by Crippen LogP contribution is -2.36. The van der Waals surface area contributed by atoms with Crippen LogP contribution in [0.15, 0.2) is 85.5 Å². The van der Waals surface area contributed by atoms with Crippen molar-refractivity contribution in [2.24, 2.45) is 0 Å². The van der Waals surface area contributed by atoms with E-state index in [-0.39, 0.29) is 17.7 Å². The summed E-state index contributed by atoms with van der Waals surface area (Å²) in [6, 6.07) is 22.8. The molecule has 3 aromatic carbocycles. The van der Waals surface area contributed by atoms with Gasteiger partial charge in [0, 0.05) is 36.8 Å². The minimum Gasteiger partial charge on any atom is -0.351 e. The number of rotatable bonds is 7. The molecule has 2 heterocycles. The Kier molecular flexibility index (Phi) is 6.10. The number of nitrogens with one attached hydrogen (secondary N) is 1. The van der Waals surface area contributed by atoms with Gasteiger partial charge in [-0.2, -0.15) is 0 Å². The Hall–Kier alpha value is -3.97. The molecule has 4 aromatic rings. The molecule has 0 spiro atoms. The summed E-state index contributed by atoms with van der Waals surface area (Å²) in [6.45, 7) is 1.42. The summed E-state index contributed by atoms with van der Waals surface area (Å²) >= 11 is 6.34. The highest BCUT2D eigenvalue weighted by atomic mass is 35.5. The van der Waals surface area contributed by atoms with Crippen LogP contribution in [0.1, 0.15) is 37.8 Å².